The van der Waals surface area contributed by atoms with Gasteiger partial charge in [0.1, 0.15) is 6.61 Å². The molecule has 0 aliphatic carbocycles. The molecule has 0 fully saturated rings. The summed E-state index contributed by atoms with van der Waals surface area (Å²) in [5.41, 5.74) is 0. The number of carbonyl (C=O) groups is 1. The van der Waals surface area contributed by atoms with E-state index in [4.69, 9.17) is 0 Å². The van der Waals surface area contributed by atoms with E-state index in [-0.39, 0.29) is 0 Å². The lowest BCUT2D eigenvalue weighted by Gasteiger charge is -1.97. The summed E-state index contributed by atoms with van der Waals surface area (Å²) in [5.74, 6) is 0. The van der Waals surface area contributed by atoms with E-state index >= 15 is 0 Å². The average Bonchev–Trinajstić information content (AvgIpc) is 1.83. The van der Waals surface area contributed by atoms with E-state index in [1.54, 1.807) is 0 Å². The first-order valence-electron chi connectivity index (χ1n) is 2.51. The Labute approximate surface area is 49.0 Å². The van der Waals surface area contributed by atoms with E-state index in [9.17, 15) is 4.79 Å². The van der Waals surface area contributed by atoms with Gasteiger partial charge in [0.05, 0.1) is 0 Å². The summed E-state index contributed by atoms with van der Waals surface area (Å²) in [7, 11) is 1.52. The molecule has 1 radical (unpaired) electrons. The molecule has 0 bridgehead atoms. The third-order valence-corrected chi connectivity index (χ3v) is 0.561. The van der Waals surface area contributed by atoms with Crippen molar-refractivity contribution in [3.05, 3.63) is 6.61 Å². The predicted octanol–water partition coefficient (Wildman–Crippen LogP) is 0.914. The fraction of sp³-hybridized carbons (Fsp3) is 0.600. The Hall–Kier alpha value is -0.730. The van der Waals surface area contributed by atoms with Crippen molar-refractivity contribution in [1.29, 1.82) is 0 Å². The van der Waals surface area contributed by atoms with Gasteiger partial charge in [0, 0.05) is 7.05 Å². The van der Waals surface area contributed by atoms with Crippen LogP contribution in [-0.2, 0) is 4.74 Å². The molecule has 0 aromatic heterocycles. The van der Waals surface area contributed by atoms with Crippen LogP contribution in [0.25, 0.3) is 0 Å². The van der Waals surface area contributed by atoms with Crippen molar-refractivity contribution in [3.8, 4) is 0 Å². The van der Waals surface area contributed by atoms with Crippen molar-refractivity contribution in [2.75, 3.05) is 7.05 Å². The second-order valence-electron chi connectivity index (χ2n) is 1.23. The lowest BCUT2D eigenvalue weighted by Crippen LogP contribution is -2.17. The average molecular weight is 116 g/mol. The quantitative estimate of drug-likeness (QED) is 0.582. The summed E-state index contributed by atoms with van der Waals surface area (Å²) in [6.07, 6.45) is 0.333. The number of amides is 1. The Morgan fingerprint density at radius 1 is 1.88 bits per heavy atom. The third-order valence-electron chi connectivity index (χ3n) is 0.561. The summed E-state index contributed by atoms with van der Waals surface area (Å²) in [5, 5.41) is 2.31. The van der Waals surface area contributed by atoms with Crippen LogP contribution in [-0.4, -0.2) is 13.1 Å². The lowest BCUT2D eigenvalue weighted by molar-refractivity contribution is 0.172. The highest BCUT2D eigenvalue weighted by Gasteiger charge is 1.92. The Kier molecular flexibility index (Phi) is 4.03. The summed E-state index contributed by atoms with van der Waals surface area (Å²) in [4.78, 5) is 10.2. The van der Waals surface area contributed by atoms with Crippen molar-refractivity contribution in [1.82, 2.24) is 5.32 Å². The van der Waals surface area contributed by atoms with Crippen LogP contribution >= 0.6 is 0 Å². The minimum absolute atomic E-state index is 0.410. The first kappa shape index (κ1) is 7.27. The zero-order chi connectivity index (χ0) is 6.41. The zero-order valence-electron chi connectivity index (χ0n) is 5.10. The first-order valence-corrected chi connectivity index (χ1v) is 2.51. The number of nitrogens with one attached hydrogen (secondary N) is 1. The van der Waals surface area contributed by atoms with Crippen LogP contribution in [0, 0.1) is 6.61 Å². The molecular formula is C5H10NO2. The second-order valence-corrected chi connectivity index (χ2v) is 1.23. The third kappa shape index (κ3) is 3.46. The van der Waals surface area contributed by atoms with Crippen molar-refractivity contribution >= 4 is 6.09 Å². The number of carbonyl (C=O) groups excluding carboxylic acids is 1. The molecule has 0 atom stereocenters. The topological polar surface area (TPSA) is 38.3 Å². The maximum atomic E-state index is 10.2. The Morgan fingerprint density at radius 3 is 2.88 bits per heavy atom. The number of ether oxygens (including phenoxy) is 1. The molecule has 3 nitrogen and oxygen atoms in total. The van der Waals surface area contributed by atoms with Gasteiger partial charge in [-0.25, -0.2) is 4.79 Å². The minimum Gasteiger partial charge on any atom is -0.442 e. The summed E-state index contributed by atoms with van der Waals surface area (Å²) in [6.45, 7) is 3.34. The minimum atomic E-state index is -0.410. The molecule has 0 aromatic rings. The Balaban J connectivity index is 2.99. The largest absolute Gasteiger partial charge is 0.442 e. The molecule has 0 aliphatic heterocycles. The maximum Gasteiger partial charge on any atom is 0.407 e. The Bertz CT molecular complexity index is 72.8. The van der Waals surface area contributed by atoms with E-state index in [0.29, 0.717) is 0 Å². The highest BCUT2D eigenvalue weighted by Crippen LogP contribution is 1.85. The second kappa shape index (κ2) is 4.43. The molecule has 0 rings (SSSR count). The van der Waals surface area contributed by atoms with Crippen LogP contribution in [0.4, 0.5) is 4.79 Å². The summed E-state index contributed by atoms with van der Waals surface area (Å²) < 4.78 is 4.47. The van der Waals surface area contributed by atoms with Gasteiger partial charge in [-0.05, 0) is 6.42 Å². The molecule has 0 heterocycles. The van der Waals surface area contributed by atoms with Crippen LogP contribution < -0.4 is 5.32 Å². The molecule has 0 aromatic carbocycles. The van der Waals surface area contributed by atoms with Gasteiger partial charge in [-0.1, -0.05) is 6.92 Å². The normalized spacial score (nSPS) is 8.25. The standard InChI is InChI=1S/C5H10NO2/c1-3-4-8-5(7)6-2/h4H,3H2,1-2H3,(H,6,7). The van der Waals surface area contributed by atoms with Gasteiger partial charge < -0.3 is 10.1 Å². The van der Waals surface area contributed by atoms with E-state index in [1.807, 2.05) is 6.92 Å². The lowest BCUT2D eigenvalue weighted by atomic mass is 10.5. The highest BCUT2D eigenvalue weighted by atomic mass is 16.5. The molecule has 47 valence electrons. The van der Waals surface area contributed by atoms with Crippen LogP contribution in [0.3, 0.4) is 0 Å². The fourth-order valence-corrected chi connectivity index (χ4v) is 0.218. The highest BCUT2D eigenvalue weighted by molar-refractivity contribution is 5.66. The number of rotatable bonds is 2. The number of alkyl carbamates (subject to hydrolysis) is 1. The monoisotopic (exact) mass is 116 g/mol. The smallest absolute Gasteiger partial charge is 0.407 e. The van der Waals surface area contributed by atoms with Crippen LogP contribution in [0.2, 0.25) is 0 Å². The van der Waals surface area contributed by atoms with Gasteiger partial charge in [0.15, 0.2) is 0 Å². The van der Waals surface area contributed by atoms with Gasteiger partial charge in [-0.2, -0.15) is 0 Å². The summed E-state index contributed by atoms with van der Waals surface area (Å²) in [6, 6.07) is 0. The van der Waals surface area contributed by atoms with E-state index in [1.165, 1.54) is 13.7 Å². The predicted molar refractivity (Wildman–Crippen MR) is 30.1 cm³/mol. The van der Waals surface area contributed by atoms with Crippen molar-refractivity contribution in [3.63, 3.8) is 0 Å². The van der Waals surface area contributed by atoms with Crippen molar-refractivity contribution < 1.29 is 9.53 Å². The zero-order valence-corrected chi connectivity index (χ0v) is 5.10. The molecule has 0 unspecified atom stereocenters. The molecule has 8 heavy (non-hydrogen) atoms. The van der Waals surface area contributed by atoms with Gasteiger partial charge in [0.25, 0.3) is 0 Å². The molecule has 0 saturated heterocycles. The van der Waals surface area contributed by atoms with Crippen LogP contribution in [0.15, 0.2) is 0 Å². The molecule has 3 heteroatoms. The number of hydrogen-bond donors (Lipinski definition) is 1. The van der Waals surface area contributed by atoms with Gasteiger partial charge in [0.2, 0.25) is 0 Å². The maximum absolute atomic E-state index is 10.2. The fourth-order valence-electron chi connectivity index (χ4n) is 0.218. The van der Waals surface area contributed by atoms with Gasteiger partial charge in [-0.3, -0.25) is 0 Å². The molecule has 1 amide bonds. The Morgan fingerprint density at radius 2 is 2.50 bits per heavy atom. The molecular weight excluding hydrogens is 106 g/mol. The molecule has 0 spiro atoms. The van der Waals surface area contributed by atoms with Crippen molar-refractivity contribution in [2.24, 2.45) is 0 Å². The van der Waals surface area contributed by atoms with Gasteiger partial charge >= 0.3 is 6.09 Å². The summed E-state index contributed by atoms with van der Waals surface area (Å²) >= 11 is 0. The SMILES string of the molecule is CC[CH]OC(=O)NC. The van der Waals surface area contributed by atoms with Crippen molar-refractivity contribution in [2.45, 2.75) is 13.3 Å². The van der Waals surface area contributed by atoms with Crippen LogP contribution in [0.5, 0.6) is 0 Å². The molecule has 0 aliphatic rings. The van der Waals surface area contributed by atoms with E-state index < -0.39 is 6.09 Å². The number of hydrogen-bond acceptors (Lipinski definition) is 2. The van der Waals surface area contributed by atoms with E-state index in [2.05, 4.69) is 10.1 Å². The first-order chi connectivity index (χ1) is 3.81. The van der Waals surface area contributed by atoms with Crippen LogP contribution in [0.1, 0.15) is 13.3 Å². The molecule has 1 N–H and O–H groups in total. The van der Waals surface area contributed by atoms with E-state index in [0.717, 1.165) is 6.42 Å². The molecule has 0 saturated carbocycles. The van der Waals surface area contributed by atoms with Gasteiger partial charge in [-0.15, -0.1) is 0 Å².